The molecule has 2 aliphatic rings. The molecular weight excluding hydrogens is 182 g/mol. The summed E-state index contributed by atoms with van der Waals surface area (Å²) in [4.78, 5) is 24.4. The van der Waals surface area contributed by atoms with Crippen LogP contribution < -0.4 is 0 Å². The van der Waals surface area contributed by atoms with Gasteiger partial charge in [0, 0.05) is 32.2 Å². The molecule has 0 spiro atoms. The lowest BCUT2D eigenvalue weighted by molar-refractivity contribution is -0.148. The van der Waals surface area contributed by atoms with Crippen LogP contribution in [0.2, 0.25) is 0 Å². The summed E-state index contributed by atoms with van der Waals surface area (Å²) in [6, 6.07) is 0.399. The molecule has 2 aliphatic heterocycles. The molecule has 4 heteroatoms. The highest BCUT2D eigenvalue weighted by Gasteiger charge is 2.45. The van der Waals surface area contributed by atoms with Crippen LogP contribution in [0.1, 0.15) is 26.2 Å². The van der Waals surface area contributed by atoms with Crippen LogP contribution in [-0.2, 0) is 14.3 Å². The fourth-order valence-corrected chi connectivity index (χ4v) is 2.55. The van der Waals surface area contributed by atoms with E-state index in [1.807, 2.05) is 7.05 Å². The summed E-state index contributed by atoms with van der Waals surface area (Å²) in [5.41, 5.74) is 0. The zero-order valence-corrected chi connectivity index (χ0v) is 8.53. The lowest BCUT2D eigenvalue weighted by atomic mass is 10.0. The van der Waals surface area contributed by atoms with Crippen molar-refractivity contribution in [3.8, 4) is 0 Å². The Labute approximate surface area is 83.2 Å². The van der Waals surface area contributed by atoms with Gasteiger partial charge in [0.2, 0.25) is 0 Å². The predicted octanol–water partition coefficient (Wildman–Crippen LogP) is 0.354. The van der Waals surface area contributed by atoms with E-state index in [9.17, 15) is 9.59 Å². The zero-order chi connectivity index (χ0) is 10.3. The minimum Gasteiger partial charge on any atom is -0.461 e. The zero-order valence-electron chi connectivity index (χ0n) is 8.53. The first-order valence-corrected chi connectivity index (χ1v) is 4.99. The van der Waals surface area contributed by atoms with Crippen molar-refractivity contribution in [1.82, 2.24) is 4.90 Å². The molecule has 2 rings (SSSR count). The van der Waals surface area contributed by atoms with E-state index < -0.39 is 0 Å². The van der Waals surface area contributed by atoms with Crippen LogP contribution in [-0.4, -0.2) is 41.9 Å². The topological polar surface area (TPSA) is 46.6 Å². The molecular formula is C10H15NO3. The van der Waals surface area contributed by atoms with Gasteiger partial charge < -0.3 is 4.74 Å². The van der Waals surface area contributed by atoms with Gasteiger partial charge in [-0.15, -0.1) is 0 Å². The highest BCUT2D eigenvalue weighted by atomic mass is 16.5. The molecule has 0 amide bonds. The van der Waals surface area contributed by atoms with Crippen LogP contribution in [0.25, 0.3) is 0 Å². The van der Waals surface area contributed by atoms with Gasteiger partial charge in [-0.3, -0.25) is 14.5 Å². The van der Waals surface area contributed by atoms with Crippen molar-refractivity contribution in [2.24, 2.45) is 0 Å². The normalized spacial score (nSPS) is 37.3. The van der Waals surface area contributed by atoms with Crippen molar-refractivity contribution in [2.45, 2.75) is 44.4 Å². The molecule has 0 N–H and O–H groups in total. The number of fused-ring (bicyclic) bond motifs is 2. The van der Waals surface area contributed by atoms with Gasteiger partial charge in [0.1, 0.15) is 11.9 Å². The maximum atomic E-state index is 11.3. The van der Waals surface area contributed by atoms with Crippen molar-refractivity contribution in [3.63, 3.8) is 0 Å². The summed E-state index contributed by atoms with van der Waals surface area (Å²) in [7, 11) is 2.01. The van der Waals surface area contributed by atoms with E-state index in [0.29, 0.717) is 18.6 Å². The standard InChI is InChI=1S/C10H15NO3/c1-6(12)14-10-4-7-3-8(13)5-9(10)11(7)2/h7,9-10H,3-5H2,1-2H3. The number of carbonyl (C=O) groups excluding carboxylic acids is 2. The molecule has 78 valence electrons. The minimum atomic E-state index is -0.247. The highest BCUT2D eigenvalue weighted by molar-refractivity contribution is 5.81. The van der Waals surface area contributed by atoms with Crippen LogP contribution in [0.15, 0.2) is 0 Å². The van der Waals surface area contributed by atoms with Crippen LogP contribution in [0, 0.1) is 0 Å². The number of likely N-dealkylation sites (N-methyl/N-ethyl adjacent to an activating group) is 1. The molecule has 0 aliphatic carbocycles. The number of ether oxygens (including phenoxy) is 1. The summed E-state index contributed by atoms with van der Waals surface area (Å²) < 4.78 is 5.21. The number of ketones is 1. The summed E-state index contributed by atoms with van der Waals surface area (Å²) in [5.74, 6) is 0.0520. The van der Waals surface area contributed by atoms with E-state index in [1.165, 1.54) is 6.92 Å². The third-order valence-electron chi connectivity index (χ3n) is 3.25. The molecule has 2 bridgehead atoms. The molecule has 0 aromatic carbocycles. The Morgan fingerprint density at radius 1 is 1.50 bits per heavy atom. The third kappa shape index (κ3) is 1.54. The molecule has 3 atom stereocenters. The summed E-state index contributed by atoms with van der Waals surface area (Å²) >= 11 is 0. The smallest absolute Gasteiger partial charge is 0.302 e. The second-order valence-electron chi connectivity index (χ2n) is 4.22. The SMILES string of the molecule is CC(=O)OC1CC2CC(=O)CC1N2C. The number of piperidine rings is 1. The van der Waals surface area contributed by atoms with Crippen molar-refractivity contribution in [3.05, 3.63) is 0 Å². The van der Waals surface area contributed by atoms with Gasteiger partial charge in [-0.2, -0.15) is 0 Å². The molecule has 0 saturated carbocycles. The largest absolute Gasteiger partial charge is 0.461 e. The molecule has 0 aromatic heterocycles. The Balaban J connectivity index is 2.09. The Hall–Kier alpha value is -0.900. The summed E-state index contributed by atoms with van der Waals surface area (Å²) in [6.45, 7) is 1.42. The van der Waals surface area contributed by atoms with Gasteiger partial charge in [-0.25, -0.2) is 0 Å². The molecule has 3 unspecified atom stereocenters. The van der Waals surface area contributed by atoms with Gasteiger partial charge >= 0.3 is 5.97 Å². The van der Waals surface area contributed by atoms with Gasteiger partial charge in [0.25, 0.3) is 0 Å². The Morgan fingerprint density at radius 3 is 2.86 bits per heavy atom. The fraction of sp³-hybridized carbons (Fsp3) is 0.800. The van der Waals surface area contributed by atoms with Crippen molar-refractivity contribution in [2.75, 3.05) is 7.05 Å². The first kappa shape index (κ1) is 9.65. The molecule has 2 fully saturated rings. The first-order chi connectivity index (χ1) is 6.58. The fourth-order valence-electron chi connectivity index (χ4n) is 2.55. The van der Waals surface area contributed by atoms with Gasteiger partial charge in [0.15, 0.2) is 0 Å². The number of hydrogen-bond donors (Lipinski definition) is 0. The van der Waals surface area contributed by atoms with Gasteiger partial charge in [0.05, 0.1) is 6.04 Å². The van der Waals surface area contributed by atoms with E-state index in [-0.39, 0.29) is 24.2 Å². The first-order valence-electron chi connectivity index (χ1n) is 4.99. The predicted molar refractivity (Wildman–Crippen MR) is 49.8 cm³/mol. The molecule has 0 radical (unpaired) electrons. The number of Topliss-reactive ketones (excluding diaryl/α,β-unsaturated/α-hetero) is 1. The quantitative estimate of drug-likeness (QED) is 0.569. The van der Waals surface area contributed by atoms with Crippen molar-refractivity contribution >= 4 is 11.8 Å². The van der Waals surface area contributed by atoms with E-state index in [1.54, 1.807) is 0 Å². The van der Waals surface area contributed by atoms with Crippen molar-refractivity contribution in [1.29, 1.82) is 0 Å². The van der Waals surface area contributed by atoms with Gasteiger partial charge in [-0.1, -0.05) is 0 Å². The number of nitrogens with zero attached hydrogens (tertiary/aromatic N) is 1. The Bertz CT molecular complexity index is 277. The molecule has 2 saturated heterocycles. The van der Waals surface area contributed by atoms with E-state index in [4.69, 9.17) is 4.74 Å². The average Bonchev–Trinajstić information content (AvgIpc) is 2.30. The summed E-state index contributed by atoms with van der Waals surface area (Å²) in [5, 5.41) is 0. The van der Waals surface area contributed by atoms with Crippen LogP contribution in [0.5, 0.6) is 0 Å². The number of hydrogen-bond acceptors (Lipinski definition) is 4. The Morgan fingerprint density at radius 2 is 2.21 bits per heavy atom. The number of rotatable bonds is 1. The van der Waals surface area contributed by atoms with E-state index in [2.05, 4.69) is 4.90 Å². The highest BCUT2D eigenvalue weighted by Crippen LogP contribution is 2.34. The maximum absolute atomic E-state index is 11.3. The van der Waals surface area contributed by atoms with Crippen LogP contribution in [0.4, 0.5) is 0 Å². The summed E-state index contributed by atoms with van der Waals surface area (Å²) in [6.07, 6.45) is 1.89. The number of carbonyl (C=O) groups is 2. The lowest BCUT2D eigenvalue weighted by Crippen LogP contribution is -2.43. The molecule has 14 heavy (non-hydrogen) atoms. The van der Waals surface area contributed by atoms with Crippen molar-refractivity contribution < 1.29 is 14.3 Å². The monoisotopic (exact) mass is 197 g/mol. The minimum absolute atomic E-state index is 0.0750. The molecule has 0 aromatic rings. The second kappa shape index (κ2) is 3.35. The van der Waals surface area contributed by atoms with Crippen LogP contribution in [0.3, 0.4) is 0 Å². The van der Waals surface area contributed by atoms with Crippen LogP contribution >= 0.6 is 0 Å². The maximum Gasteiger partial charge on any atom is 0.302 e. The molecule has 2 heterocycles. The average molecular weight is 197 g/mol. The van der Waals surface area contributed by atoms with E-state index >= 15 is 0 Å². The Kier molecular flexibility index (Phi) is 2.31. The van der Waals surface area contributed by atoms with E-state index in [0.717, 1.165) is 6.42 Å². The third-order valence-corrected chi connectivity index (χ3v) is 3.25. The lowest BCUT2D eigenvalue weighted by Gasteiger charge is -2.30. The number of esters is 1. The van der Waals surface area contributed by atoms with Gasteiger partial charge in [-0.05, 0) is 7.05 Å². The second-order valence-corrected chi connectivity index (χ2v) is 4.22. The molecule has 4 nitrogen and oxygen atoms in total.